The van der Waals surface area contributed by atoms with E-state index in [2.05, 4.69) is 27.2 Å². The normalized spacial score (nSPS) is 14.7. The van der Waals surface area contributed by atoms with Gasteiger partial charge in [0.05, 0.1) is 6.54 Å². The van der Waals surface area contributed by atoms with Crippen molar-refractivity contribution in [3.8, 4) is 0 Å². The summed E-state index contributed by atoms with van der Waals surface area (Å²) in [4.78, 5) is 14.7. The van der Waals surface area contributed by atoms with Crippen LogP contribution < -0.4 is 5.32 Å². The number of anilines is 1. The Bertz CT molecular complexity index is 579. The molecule has 0 bridgehead atoms. The highest BCUT2D eigenvalue weighted by Gasteiger charge is 2.14. The zero-order chi connectivity index (χ0) is 13.8. The minimum absolute atomic E-state index is 0.758. The molecule has 2 aromatic rings. The van der Waals surface area contributed by atoms with Gasteiger partial charge in [0.1, 0.15) is 17.2 Å². The topological polar surface area (TPSA) is 50.7 Å². The van der Waals surface area contributed by atoms with Crippen molar-refractivity contribution >= 4 is 17.2 Å². The minimum atomic E-state index is 0.758. The lowest BCUT2D eigenvalue weighted by atomic mass is 10.1. The van der Waals surface area contributed by atoms with E-state index < -0.39 is 0 Å². The molecular formula is C15H20N4S. The fourth-order valence-electron chi connectivity index (χ4n) is 2.60. The van der Waals surface area contributed by atoms with Crippen molar-refractivity contribution in [3.05, 3.63) is 33.7 Å². The summed E-state index contributed by atoms with van der Waals surface area (Å²) in [6.45, 7) is 2.92. The number of hydrogen-bond donors (Lipinski definition) is 1. The summed E-state index contributed by atoms with van der Waals surface area (Å²) in [5, 5.41) is 4.58. The molecule has 0 aliphatic heterocycles. The molecule has 0 fully saturated rings. The maximum atomic E-state index is 4.45. The molecule has 0 saturated heterocycles. The molecule has 106 valence electrons. The fourth-order valence-corrected chi connectivity index (χ4v) is 3.40. The van der Waals surface area contributed by atoms with Gasteiger partial charge in [0, 0.05) is 22.3 Å². The molecule has 1 N–H and O–H groups in total. The Hall–Kier alpha value is -1.49. The predicted molar refractivity (Wildman–Crippen MR) is 82.1 cm³/mol. The van der Waals surface area contributed by atoms with Crippen LogP contribution in [-0.4, -0.2) is 15.0 Å². The number of fused-ring (bicyclic) bond motifs is 1. The molecule has 5 heteroatoms. The summed E-state index contributed by atoms with van der Waals surface area (Å²) in [6, 6.07) is 0. The summed E-state index contributed by atoms with van der Waals surface area (Å²) < 4.78 is 0. The van der Waals surface area contributed by atoms with Crippen LogP contribution >= 0.6 is 11.3 Å². The van der Waals surface area contributed by atoms with Crippen LogP contribution in [0.4, 0.5) is 5.82 Å². The van der Waals surface area contributed by atoms with Crippen molar-refractivity contribution in [1.82, 2.24) is 15.0 Å². The Balaban J connectivity index is 1.74. The SMILES string of the molecule is CCc1cnc(CNc2ncnc3c2CCCCC3)s1. The Labute approximate surface area is 123 Å². The molecule has 1 aliphatic rings. The summed E-state index contributed by atoms with van der Waals surface area (Å²) in [6.07, 6.45) is 10.7. The number of hydrogen-bond acceptors (Lipinski definition) is 5. The zero-order valence-electron chi connectivity index (χ0n) is 11.9. The van der Waals surface area contributed by atoms with Crippen molar-refractivity contribution < 1.29 is 0 Å². The van der Waals surface area contributed by atoms with Gasteiger partial charge < -0.3 is 5.32 Å². The largest absolute Gasteiger partial charge is 0.363 e. The minimum Gasteiger partial charge on any atom is -0.363 e. The lowest BCUT2D eigenvalue weighted by Crippen LogP contribution is -2.07. The maximum absolute atomic E-state index is 4.45. The third-order valence-corrected chi connectivity index (χ3v) is 4.87. The number of nitrogens with zero attached hydrogens (tertiary/aromatic N) is 3. The molecule has 2 heterocycles. The second-order valence-corrected chi connectivity index (χ2v) is 6.34. The van der Waals surface area contributed by atoms with Crippen LogP contribution in [0.2, 0.25) is 0 Å². The van der Waals surface area contributed by atoms with Crippen LogP contribution in [0.25, 0.3) is 0 Å². The van der Waals surface area contributed by atoms with E-state index in [0.717, 1.165) is 36.6 Å². The average Bonchev–Trinajstić information content (AvgIpc) is 2.80. The van der Waals surface area contributed by atoms with Gasteiger partial charge in [0.15, 0.2) is 0 Å². The zero-order valence-corrected chi connectivity index (χ0v) is 12.7. The van der Waals surface area contributed by atoms with Gasteiger partial charge >= 0.3 is 0 Å². The standard InChI is InChI=1S/C15H20N4S/c1-2-11-8-16-14(20-11)9-17-15-12-6-4-3-5-7-13(12)18-10-19-15/h8,10H,2-7,9H2,1H3,(H,17,18,19). The second-order valence-electron chi connectivity index (χ2n) is 5.14. The Morgan fingerprint density at radius 1 is 1.15 bits per heavy atom. The van der Waals surface area contributed by atoms with E-state index in [1.807, 2.05) is 6.20 Å². The number of aromatic nitrogens is 3. The van der Waals surface area contributed by atoms with E-state index >= 15 is 0 Å². The highest BCUT2D eigenvalue weighted by atomic mass is 32.1. The van der Waals surface area contributed by atoms with Gasteiger partial charge in [-0.15, -0.1) is 11.3 Å². The number of aryl methyl sites for hydroxylation is 2. The smallest absolute Gasteiger partial charge is 0.133 e. The predicted octanol–water partition coefficient (Wildman–Crippen LogP) is 3.38. The molecule has 0 radical (unpaired) electrons. The average molecular weight is 288 g/mol. The Morgan fingerprint density at radius 2 is 2.05 bits per heavy atom. The van der Waals surface area contributed by atoms with E-state index in [4.69, 9.17) is 0 Å². The molecule has 0 amide bonds. The molecule has 0 spiro atoms. The first-order valence-electron chi connectivity index (χ1n) is 7.37. The van der Waals surface area contributed by atoms with Crippen LogP contribution in [0.3, 0.4) is 0 Å². The Kier molecular flexibility index (Phi) is 4.25. The lowest BCUT2D eigenvalue weighted by molar-refractivity contribution is 0.708. The molecule has 2 aromatic heterocycles. The molecule has 0 saturated carbocycles. The van der Waals surface area contributed by atoms with Crippen LogP contribution in [0, 0.1) is 0 Å². The highest BCUT2D eigenvalue weighted by Crippen LogP contribution is 2.24. The first kappa shape index (κ1) is 13.5. The van der Waals surface area contributed by atoms with E-state index in [1.165, 1.54) is 35.4 Å². The van der Waals surface area contributed by atoms with Crippen molar-refractivity contribution in [3.63, 3.8) is 0 Å². The maximum Gasteiger partial charge on any atom is 0.133 e. The van der Waals surface area contributed by atoms with Crippen LogP contribution in [-0.2, 0) is 25.8 Å². The quantitative estimate of drug-likeness (QED) is 0.876. The molecule has 1 aliphatic carbocycles. The van der Waals surface area contributed by atoms with E-state index in [1.54, 1.807) is 17.7 Å². The molecule has 20 heavy (non-hydrogen) atoms. The molecule has 4 nitrogen and oxygen atoms in total. The van der Waals surface area contributed by atoms with Gasteiger partial charge in [-0.2, -0.15) is 0 Å². The summed E-state index contributed by atoms with van der Waals surface area (Å²) in [5.41, 5.74) is 2.55. The second kappa shape index (κ2) is 6.31. The molecule has 3 rings (SSSR count). The van der Waals surface area contributed by atoms with Gasteiger partial charge in [-0.25, -0.2) is 15.0 Å². The van der Waals surface area contributed by atoms with E-state index in [9.17, 15) is 0 Å². The number of rotatable bonds is 4. The number of nitrogens with one attached hydrogen (secondary N) is 1. The molecule has 0 unspecified atom stereocenters. The number of thiazole rings is 1. The van der Waals surface area contributed by atoms with E-state index in [-0.39, 0.29) is 0 Å². The summed E-state index contributed by atoms with van der Waals surface area (Å²) in [7, 11) is 0. The highest BCUT2D eigenvalue weighted by molar-refractivity contribution is 7.11. The first-order valence-corrected chi connectivity index (χ1v) is 8.18. The van der Waals surface area contributed by atoms with Crippen molar-refractivity contribution in [2.75, 3.05) is 5.32 Å². The third-order valence-electron chi connectivity index (χ3n) is 3.73. The monoisotopic (exact) mass is 288 g/mol. The molecule has 0 aromatic carbocycles. The van der Waals surface area contributed by atoms with Gasteiger partial charge in [0.25, 0.3) is 0 Å². The van der Waals surface area contributed by atoms with Crippen molar-refractivity contribution in [2.45, 2.75) is 52.0 Å². The fraction of sp³-hybridized carbons (Fsp3) is 0.533. The molecular weight excluding hydrogens is 268 g/mol. The summed E-state index contributed by atoms with van der Waals surface area (Å²) in [5.74, 6) is 1.00. The van der Waals surface area contributed by atoms with Crippen molar-refractivity contribution in [1.29, 1.82) is 0 Å². The van der Waals surface area contributed by atoms with Gasteiger partial charge in [-0.1, -0.05) is 13.3 Å². The van der Waals surface area contributed by atoms with Gasteiger partial charge in [0.2, 0.25) is 0 Å². The summed E-state index contributed by atoms with van der Waals surface area (Å²) >= 11 is 1.78. The van der Waals surface area contributed by atoms with Gasteiger partial charge in [-0.3, -0.25) is 0 Å². The van der Waals surface area contributed by atoms with Gasteiger partial charge in [-0.05, 0) is 32.1 Å². The van der Waals surface area contributed by atoms with Crippen LogP contribution in [0.1, 0.15) is 47.3 Å². The van der Waals surface area contributed by atoms with Crippen LogP contribution in [0.5, 0.6) is 0 Å². The third kappa shape index (κ3) is 2.98. The Morgan fingerprint density at radius 3 is 2.90 bits per heavy atom. The lowest BCUT2D eigenvalue weighted by Gasteiger charge is -2.11. The van der Waals surface area contributed by atoms with E-state index in [0.29, 0.717) is 0 Å². The van der Waals surface area contributed by atoms with Crippen LogP contribution in [0.15, 0.2) is 12.5 Å². The van der Waals surface area contributed by atoms with Crippen molar-refractivity contribution in [2.24, 2.45) is 0 Å². The molecule has 0 atom stereocenters. The first-order chi connectivity index (χ1) is 9.86.